The largest absolute Gasteiger partial charge is 0.477 e. The van der Waals surface area contributed by atoms with Crippen LogP contribution in [0.1, 0.15) is 39.2 Å². The number of hydrogen-bond acceptors (Lipinski definition) is 3. The second-order valence-corrected chi connectivity index (χ2v) is 9.37. The van der Waals surface area contributed by atoms with Crippen LogP contribution in [0.15, 0.2) is 34.9 Å². The standard InChI is InChI=1S/C20H24BClO3/c1-19(2)13-9-16(19)20(3)17(10-13)24-21(25-20)18(22)8-12-11-23-15-7-5-4-6-14(12)15/h4-7,11,13,16-18H,8-10H2,1-3H3/t13?,16?,17-,18?,20-/m0/s1. The van der Waals surface area contributed by atoms with Gasteiger partial charge in [0.05, 0.1) is 23.2 Å². The van der Waals surface area contributed by atoms with E-state index in [0.29, 0.717) is 17.8 Å². The maximum absolute atomic E-state index is 6.75. The Morgan fingerprint density at radius 2 is 2.04 bits per heavy atom. The van der Waals surface area contributed by atoms with Gasteiger partial charge in [-0.3, -0.25) is 0 Å². The van der Waals surface area contributed by atoms with E-state index in [9.17, 15) is 0 Å². The first-order valence-corrected chi connectivity index (χ1v) is 9.75. The van der Waals surface area contributed by atoms with Gasteiger partial charge in [0.15, 0.2) is 0 Å². The van der Waals surface area contributed by atoms with E-state index in [1.165, 1.54) is 6.42 Å². The zero-order chi connectivity index (χ0) is 17.4. The number of fused-ring (bicyclic) bond motifs is 1. The summed E-state index contributed by atoms with van der Waals surface area (Å²) in [6.07, 6.45) is 5.02. The van der Waals surface area contributed by atoms with Crippen LogP contribution in [0, 0.1) is 17.3 Å². The maximum atomic E-state index is 6.75. The Morgan fingerprint density at radius 1 is 1.24 bits per heavy atom. The Hall–Kier alpha value is -0.965. The topological polar surface area (TPSA) is 31.6 Å². The van der Waals surface area contributed by atoms with Crippen LogP contribution in [0.25, 0.3) is 11.0 Å². The van der Waals surface area contributed by atoms with E-state index in [4.69, 9.17) is 25.3 Å². The zero-order valence-corrected chi connectivity index (χ0v) is 15.8. The van der Waals surface area contributed by atoms with Crippen molar-refractivity contribution < 1.29 is 13.7 Å². The van der Waals surface area contributed by atoms with Crippen LogP contribution in [0.5, 0.6) is 0 Å². The van der Waals surface area contributed by atoms with E-state index >= 15 is 0 Å². The number of benzene rings is 1. The van der Waals surface area contributed by atoms with Crippen molar-refractivity contribution in [1.29, 1.82) is 0 Å². The molecule has 2 heterocycles. The van der Waals surface area contributed by atoms with Gasteiger partial charge in [-0.05, 0) is 55.1 Å². The van der Waals surface area contributed by atoms with Gasteiger partial charge in [-0.15, -0.1) is 11.6 Å². The summed E-state index contributed by atoms with van der Waals surface area (Å²) in [6.45, 7) is 6.98. The Balaban J connectivity index is 1.35. The molecular weight excluding hydrogens is 334 g/mol. The van der Waals surface area contributed by atoms with Crippen molar-refractivity contribution >= 4 is 29.7 Å². The van der Waals surface area contributed by atoms with Gasteiger partial charge in [-0.25, -0.2) is 0 Å². The molecule has 2 aromatic rings. The predicted molar refractivity (Wildman–Crippen MR) is 99.7 cm³/mol. The Labute approximate surface area is 154 Å². The SMILES string of the molecule is CC1(C)C2CC1[C@]1(C)OB(C(Cl)Cc3coc4ccccc34)O[C@H]1C2. The molecule has 0 N–H and O–H groups in total. The highest BCUT2D eigenvalue weighted by Gasteiger charge is 2.68. The second kappa shape index (κ2) is 5.28. The molecule has 0 radical (unpaired) electrons. The van der Waals surface area contributed by atoms with Crippen molar-refractivity contribution in [2.24, 2.45) is 17.3 Å². The van der Waals surface area contributed by atoms with Crippen molar-refractivity contribution in [3.05, 3.63) is 36.1 Å². The fourth-order valence-electron chi connectivity index (χ4n) is 5.55. The Kier molecular flexibility index (Phi) is 3.43. The number of para-hydroxylation sites is 1. The Bertz CT molecular complexity index is 818. The molecule has 3 aliphatic carbocycles. The van der Waals surface area contributed by atoms with Gasteiger partial charge >= 0.3 is 7.12 Å². The lowest BCUT2D eigenvalue weighted by atomic mass is 9.43. The van der Waals surface area contributed by atoms with Crippen LogP contribution in [0.3, 0.4) is 0 Å². The highest BCUT2D eigenvalue weighted by molar-refractivity contribution is 6.60. The fourth-order valence-corrected chi connectivity index (χ4v) is 5.83. The number of hydrogen-bond donors (Lipinski definition) is 0. The van der Waals surface area contributed by atoms with Gasteiger partial charge in [-0.2, -0.15) is 0 Å². The third kappa shape index (κ3) is 2.20. The first-order chi connectivity index (χ1) is 11.9. The van der Waals surface area contributed by atoms with Gasteiger partial charge in [0.1, 0.15) is 5.58 Å². The molecule has 3 unspecified atom stereocenters. The summed E-state index contributed by atoms with van der Waals surface area (Å²) >= 11 is 6.75. The van der Waals surface area contributed by atoms with Crippen LogP contribution in [0.4, 0.5) is 0 Å². The van der Waals surface area contributed by atoms with Crippen LogP contribution >= 0.6 is 11.6 Å². The first kappa shape index (κ1) is 16.2. The third-order valence-electron chi connectivity index (χ3n) is 7.24. The highest BCUT2D eigenvalue weighted by Crippen LogP contribution is 2.65. The molecule has 0 spiro atoms. The fraction of sp³-hybridized carbons (Fsp3) is 0.600. The van der Waals surface area contributed by atoms with Crippen LogP contribution in [-0.2, 0) is 15.7 Å². The molecule has 4 aliphatic rings. The molecule has 132 valence electrons. The van der Waals surface area contributed by atoms with Crippen LogP contribution in [-0.4, -0.2) is 24.1 Å². The molecule has 2 bridgehead atoms. The van der Waals surface area contributed by atoms with E-state index in [1.807, 2.05) is 24.5 Å². The molecule has 6 rings (SSSR count). The lowest BCUT2D eigenvalue weighted by molar-refractivity contribution is -0.199. The molecule has 25 heavy (non-hydrogen) atoms. The van der Waals surface area contributed by atoms with Gasteiger partial charge in [0, 0.05) is 5.39 Å². The molecule has 1 aromatic heterocycles. The monoisotopic (exact) mass is 358 g/mol. The average molecular weight is 359 g/mol. The molecule has 1 aliphatic heterocycles. The first-order valence-electron chi connectivity index (χ1n) is 9.32. The molecule has 0 amide bonds. The normalized spacial score (nSPS) is 37.0. The van der Waals surface area contributed by atoms with E-state index in [1.54, 1.807) is 0 Å². The van der Waals surface area contributed by atoms with Gasteiger partial charge in [0.25, 0.3) is 0 Å². The number of halogens is 1. The van der Waals surface area contributed by atoms with Crippen molar-refractivity contribution in [3.63, 3.8) is 0 Å². The van der Waals surface area contributed by atoms with Gasteiger partial charge < -0.3 is 13.7 Å². The molecule has 3 saturated carbocycles. The van der Waals surface area contributed by atoms with Crippen molar-refractivity contribution in [2.75, 3.05) is 0 Å². The zero-order valence-electron chi connectivity index (χ0n) is 15.0. The van der Waals surface area contributed by atoms with Crippen molar-refractivity contribution in [1.82, 2.24) is 0 Å². The number of alkyl halides is 1. The van der Waals surface area contributed by atoms with Gasteiger partial charge in [-0.1, -0.05) is 32.0 Å². The molecule has 5 atom stereocenters. The summed E-state index contributed by atoms with van der Waals surface area (Å²) < 4.78 is 18.4. The summed E-state index contributed by atoms with van der Waals surface area (Å²) in [6, 6.07) is 8.07. The molecule has 3 nitrogen and oxygen atoms in total. The minimum Gasteiger partial charge on any atom is -0.464 e. The lowest BCUT2D eigenvalue weighted by Crippen LogP contribution is -2.65. The molecular formula is C20H24BClO3. The van der Waals surface area contributed by atoms with Crippen LogP contribution < -0.4 is 0 Å². The van der Waals surface area contributed by atoms with E-state index in [-0.39, 0.29) is 24.1 Å². The molecule has 1 saturated heterocycles. The summed E-state index contributed by atoms with van der Waals surface area (Å²) in [7, 11) is -0.347. The second-order valence-electron chi connectivity index (χ2n) is 8.81. The number of rotatable bonds is 3. The van der Waals surface area contributed by atoms with E-state index in [2.05, 4.69) is 26.8 Å². The van der Waals surface area contributed by atoms with Crippen molar-refractivity contribution in [3.8, 4) is 0 Å². The average Bonchev–Trinajstić information content (AvgIpc) is 3.15. The molecule has 1 aromatic carbocycles. The predicted octanol–water partition coefficient (Wildman–Crippen LogP) is 4.85. The lowest BCUT2D eigenvalue weighted by Gasteiger charge is -2.64. The number of furan rings is 1. The molecule has 4 fully saturated rings. The highest BCUT2D eigenvalue weighted by atomic mass is 35.5. The Morgan fingerprint density at radius 3 is 2.84 bits per heavy atom. The quantitative estimate of drug-likeness (QED) is 0.580. The summed E-state index contributed by atoms with van der Waals surface area (Å²) in [5, 5.41) is 0.905. The van der Waals surface area contributed by atoms with Crippen LogP contribution in [0.2, 0.25) is 0 Å². The minimum atomic E-state index is -0.347. The minimum absolute atomic E-state index is 0.177. The summed E-state index contributed by atoms with van der Waals surface area (Å²) in [5.41, 5.74) is 2.17. The van der Waals surface area contributed by atoms with E-state index < -0.39 is 0 Å². The van der Waals surface area contributed by atoms with Crippen molar-refractivity contribution in [2.45, 2.75) is 57.0 Å². The van der Waals surface area contributed by atoms with E-state index in [0.717, 1.165) is 28.9 Å². The maximum Gasteiger partial charge on any atom is 0.477 e. The smallest absolute Gasteiger partial charge is 0.464 e. The third-order valence-corrected chi connectivity index (χ3v) is 7.60. The summed E-state index contributed by atoms with van der Waals surface area (Å²) in [4.78, 5) is 0. The summed E-state index contributed by atoms with van der Waals surface area (Å²) in [5.74, 6) is 1.32. The molecule has 5 heteroatoms. The van der Waals surface area contributed by atoms with Gasteiger partial charge in [0.2, 0.25) is 0 Å².